The SMILES string of the molecule is COC(C)Nc1cc2ncnc(-c3cccc([N+](=O)[O-])c3)c2cc1NC(C)OC. The van der Waals surface area contributed by atoms with Crippen molar-refractivity contribution in [1.29, 1.82) is 0 Å². The van der Waals surface area contributed by atoms with Gasteiger partial charge in [0.1, 0.15) is 18.8 Å². The van der Waals surface area contributed by atoms with E-state index in [0.717, 1.165) is 16.8 Å². The number of fused-ring (bicyclic) bond motifs is 1. The molecule has 2 N–H and O–H groups in total. The Morgan fingerprint density at radius 3 is 2.28 bits per heavy atom. The van der Waals surface area contributed by atoms with Crippen molar-refractivity contribution in [2.45, 2.75) is 26.3 Å². The van der Waals surface area contributed by atoms with Gasteiger partial charge in [-0.3, -0.25) is 10.1 Å². The lowest BCUT2D eigenvalue weighted by atomic mass is 10.0. The van der Waals surface area contributed by atoms with E-state index in [-0.39, 0.29) is 18.1 Å². The van der Waals surface area contributed by atoms with Gasteiger partial charge in [0.05, 0.1) is 27.5 Å². The molecular weight excluding hydrogens is 374 g/mol. The van der Waals surface area contributed by atoms with Gasteiger partial charge in [0.15, 0.2) is 0 Å². The molecule has 0 bridgehead atoms. The molecule has 3 aromatic rings. The van der Waals surface area contributed by atoms with E-state index in [4.69, 9.17) is 9.47 Å². The topological polar surface area (TPSA) is 111 Å². The highest BCUT2D eigenvalue weighted by molar-refractivity contribution is 5.98. The fourth-order valence-electron chi connectivity index (χ4n) is 2.89. The van der Waals surface area contributed by atoms with E-state index in [9.17, 15) is 10.1 Å². The Kier molecular flexibility index (Phi) is 6.20. The van der Waals surface area contributed by atoms with Crippen LogP contribution in [-0.4, -0.2) is 41.6 Å². The molecule has 0 saturated heterocycles. The van der Waals surface area contributed by atoms with Crippen molar-refractivity contribution in [2.24, 2.45) is 0 Å². The highest BCUT2D eigenvalue weighted by atomic mass is 16.6. The number of rotatable bonds is 8. The lowest BCUT2D eigenvalue weighted by Crippen LogP contribution is -2.21. The molecule has 2 unspecified atom stereocenters. The maximum Gasteiger partial charge on any atom is 0.270 e. The largest absolute Gasteiger partial charge is 0.362 e. The maximum atomic E-state index is 11.2. The van der Waals surface area contributed by atoms with E-state index in [2.05, 4.69) is 20.6 Å². The molecule has 2 atom stereocenters. The normalized spacial score (nSPS) is 13.1. The number of nitrogens with zero attached hydrogens (tertiary/aromatic N) is 3. The molecule has 0 fully saturated rings. The van der Waals surface area contributed by atoms with E-state index in [1.807, 2.05) is 26.0 Å². The van der Waals surface area contributed by atoms with Gasteiger partial charge in [0.2, 0.25) is 0 Å². The Morgan fingerprint density at radius 2 is 1.66 bits per heavy atom. The Bertz CT molecular complexity index is 1030. The van der Waals surface area contributed by atoms with E-state index in [1.165, 1.54) is 18.5 Å². The second kappa shape index (κ2) is 8.80. The van der Waals surface area contributed by atoms with Gasteiger partial charge in [-0.15, -0.1) is 0 Å². The number of ether oxygens (including phenoxy) is 2. The molecule has 2 aromatic carbocycles. The summed E-state index contributed by atoms with van der Waals surface area (Å²) in [6, 6.07) is 10.2. The highest BCUT2D eigenvalue weighted by Crippen LogP contribution is 2.34. The third-order valence-electron chi connectivity index (χ3n) is 4.53. The number of hydrogen-bond donors (Lipinski definition) is 2. The molecular formula is C20H23N5O4. The van der Waals surface area contributed by atoms with Crippen molar-refractivity contribution >= 4 is 28.0 Å². The minimum atomic E-state index is -0.422. The summed E-state index contributed by atoms with van der Waals surface area (Å²) < 4.78 is 10.6. The fourth-order valence-corrected chi connectivity index (χ4v) is 2.89. The predicted octanol–water partition coefficient (Wildman–Crippen LogP) is 4.01. The fraction of sp³-hybridized carbons (Fsp3) is 0.300. The lowest BCUT2D eigenvalue weighted by Gasteiger charge is -2.21. The average molecular weight is 397 g/mol. The monoisotopic (exact) mass is 397 g/mol. The van der Waals surface area contributed by atoms with E-state index in [0.29, 0.717) is 16.8 Å². The van der Waals surface area contributed by atoms with Gasteiger partial charge in [0.25, 0.3) is 5.69 Å². The molecule has 0 amide bonds. The zero-order valence-electron chi connectivity index (χ0n) is 16.7. The number of hydrogen-bond acceptors (Lipinski definition) is 8. The van der Waals surface area contributed by atoms with E-state index >= 15 is 0 Å². The van der Waals surface area contributed by atoms with Crippen LogP contribution in [0.25, 0.3) is 22.2 Å². The molecule has 3 rings (SSSR count). The van der Waals surface area contributed by atoms with Crippen molar-refractivity contribution < 1.29 is 14.4 Å². The predicted molar refractivity (Wildman–Crippen MR) is 112 cm³/mol. The first-order chi connectivity index (χ1) is 13.9. The molecule has 29 heavy (non-hydrogen) atoms. The van der Waals surface area contributed by atoms with Crippen LogP contribution in [0.3, 0.4) is 0 Å². The van der Waals surface area contributed by atoms with Crippen molar-refractivity contribution in [3.8, 4) is 11.3 Å². The third-order valence-corrected chi connectivity index (χ3v) is 4.53. The third kappa shape index (κ3) is 4.58. The van der Waals surface area contributed by atoms with Gasteiger partial charge < -0.3 is 20.1 Å². The summed E-state index contributed by atoms with van der Waals surface area (Å²) in [5, 5.41) is 18.5. The van der Waals surface area contributed by atoms with Crippen LogP contribution >= 0.6 is 0 Å². The molecule has 152 valence electrons. The van der Waals surface area contributed by atoms with Gasteiger partial charge in [-0.2, -0.15) is 0 Å². The summed E-state index contributed by atoms with van der Waals surface area (Å²) in [5.74, 6) is 0. The van der Waals surface area contributed by atoms with Crippen LogP contribution in [0.5, 0.6) is 0 Å². The smallest absolute Gasteiger partial charge is 0.270 e. The summed E-state index contributed by atoms with van der Waals surface area (Å²) in [6.07, 6.45) is 0.992. The Labute approximate surface area is 168 Å². The second-order valence-electron chi connectivity index (χ2n) is 6.49. The summed E-state index contributed by atoms with van der Waals surface area (Å²) in [4.78, 5) is 19.5. The lowest BCUT2D eigenvalue weighted by molar-refractivity contribution is -0.384. The van der Waals surface area contributed by atoms with Crippen molar-refractivity contribution in [3.63, 3.8) is 0 Å². The molecule has 9 nitrogen and oxygen atoms in total. The Hall–Kier alpha value is -3.30. The number of benzene rings is 2. The van der Waals surface area contributed by atoms with Crippen molar-refractivity contribution in [1.82, 2.24) is 9.97 Å². The van der Waals surface area contributed by atoms with Gasteiger partial charge in [-0.1, -0.05) is 12.1 Å². The number of anilines is 2. The second-order valence-corrected chi connectivity index (χ2v) is 6.49. The standard InChI is InChI=1S/C20H23N5O4/c1-12(28-3)23-18-9-16-17(10-19(18)24-13(2)29-4)21-11-22-20(16)14-6-5-7-15(8-14)25(26)27/h5-13,23-24H,1-4H3. The maximum absolute atomic E-state index is 11.2. The molecule has 0 aliphatic rings. The quantitative estimate of drug-likeness (QED) is 0.333. The molecule has 1 heterocycles. The Balaban J connectivity index is 2.17. The highest BCUT2D eigenvalue weighted by Gasteiger charge is 2.15. The zero-order chi connectivity index (χ0) is 21.0. The molecule has 0 saturated carbocycles. The summed E-state index contributed by atoms with van der Waals surface area (Å²) in [7, 11) is 3.23. The molecule has 0 aliphatic heterocycles. The van der Waals surface area contributed by atoms with Crippen LogP contribution in [0.2, 0.25) is 0 Å². The first-order valence-electron chi connectivity index (χ1n) is 9.05. The Morgan fingerprint density at radius 1 is 1.00 bits per heavy atom. The van der Waals surface area contributed by atoms with Crippen LogP contribution in [0, 0.1) is 10.1 Å². The first-order valence-corrected chi connectivity index (χ1v) is 9.05. The number of nitro benzene ring substituents is 1. The average Bonchev–Trinajstić information content (AvgIpc) is 2.73. The molecule has 0 radical (unpaired) electrons. The van der Waals surface area contributed by atoms with Crippen molar-refractivity contribution in [3.05, 3.63) is 52.8 Å². The number of methoxy groups -OCH3 is 2. The van der Waals surface area contributed by atoms with Gasteiger partial charge in [-0.25, -0.2) is 9.97 Å². The van der Waals surface area contributed by atoms with E-state index in [1.54, 1.807) is 26.4 Å². The molecule has 9 heteroatoms. The van der Waals surface area contributed by atoms with Crippen LogP contribution < -0.4 is 10.6 Å². The number of nitrogens with one attached hydrogen (secondary N) is 2. The number of non-ortho nitro benzene ring substituents is 1. The van der Waals surface area contributed by atoms with Crippen LogP contribution in [0.4, 0.5) is 17.1 Å². The number of aromatic nitrogens is 2. The summed E-state index contributed by atoms with van der Waals surface area (Å²) in [6.45, 7) is 3.78. The minimum absolute atomic E-state index is 0.00724. The van der Waals surface area contributed by atoms with Crippen LogP contribution in [0.15, 0.2) is 42.7 Å². The minimum Gasteiger partial charge on any atom is -0.362 e. The molecule has 0 spiro atoms. The first kappa shape index (κ1) is 20.4. The summed E-state index contributed by atoms with van der Waals surface area (Å²) in [5.41, 5.74) is 3.52. The molecule has 1 aromatic heterocycles. The zero-order valence-corrected chi connectivity index (χ0v) is 16.7. The van der Waals surface area contributed by atoms with Gasteiger partial charge in [0, 0.05) is 37.3 Å². The number of nitro groups is 1. The van der Waals surface area contributed by atoms with Gasteiger partial charge in [-0.05, 0) is 26.0 Å². The van der Waals surface area contributed by atoms with Crippen molar-refractivity contribution in [2.75, 3.05) is 24.9 Å². The van der Waals surface area contributed by atoms with E-state index < -0.39 is 4.92 Å². The van der Waals surface area contributed by atoms with Gasteiger partial charge >= 0.3 is 0 Å². The van der Waals surface area contributed by atoms with Crippen LogP contribution in [-0.2, 0) is 9.47 Å². The molecule has 0 aliphatic carbocycles. The summed E-state index contributed by atoms with van der Waals surface area (Å²) >= 11 is 0. The van der Waals surface area contributed by atoms with Crippen LogP contribution in [0.1, 0.15) is 13.8 Å².